The monoisotopic (exact) mass is 1030 g/mol. The Morgan fingerprint density at radius 2 is 0.792 bits per heavy atom. The molecule has 0 saturated carbocycles. The second-order valence-electron chi connectivity index (χ2n) is 20.3. The number of esters is 2. The van der Waals surface area contributed by atoms with Crippen molar-refractivity contribution in [1.82, 2.24) is 0 Å². The predicted molar refractivity (Wildman–Crippen MR) is 305 cm³/mol. The molecule has 2 unspecified atom stereocenters. The molecule has 0 fully saturated rings. The molecule has 0 rings (SSSR count). The van der Waals surface area contributed by atoms with E-state index in [1.807, 2.05) is 21.1 Å². The summed E-state index contributed by atoms with van der Waals surface area (Å²) in [6.07, 6.45) is 71.7. The summed E-state index contributed by atoms with van der Waals surface area (Å²) in [6.45, 7) is 4.06. The molecule has 0 aliphatic rings. The van der Waals surface area contributed by atoms with E-state index in [0.717, 1.165) is 77.0 Å². The summed E-state index contributed by atoms with van der Waals surface area (Å²) in [4.78, 5) is 37.8. The van der Waals surface area contributed by atoms with Crippen LogP contribution in [0, 0.1) is 0 Å². The van der Waals surface area contributed by atoms with Crippen LogP contribution >= 0.6 is 7.82 Å². The number of nitrogens with zero attached hydrogens (tertiary/aromatic N) is 1. The molecule has 0 bridgehead atoms. The van der Waals surface area contributed by atoms with Gasteiger partial charge in [-0.15, -0.1) is 0 Å². The second kappa shape index (κ2) is 52.8. The smallest absolute Gasteiger partial charge is 0.306 e. The Morgan fingerprint density at radius 3 is 1.21 bits per heavy atom. The van der Waals surface area contributed by atoms with Crippen LogP contribution in [0.3, 0.4) is 0 Å². The lowest BCUT2D eigenvalue weighted by Crippen LogP contribution is -2.37. The number of quaternary nitrogens is 1. The van der Waals surface area contributed by atoms with Crippen molar-refractivity contribution in [2.45, 2.75) is 238 Å². The van der Waals surface area contributed by atoms with Crippen LogP contribution in [-0.4, -0.2) is 70.0 Å². The van der Waals surface area contributed by atoms with E-state index in [1.54, 1.807) is 0 Å². The van der Waals surface area contributed by atoms with Crippen molar-refractivity contribution >= 4 is 19.8 Å². The molecule has 10 heteroatoms. The Kier molecular flexibility index (Phi) is 50.5. The molecule has 0 aliphatic carbocycles. The van der Waals surface area contributed by atoms with Crippen molar-refractivity contribution in [3.05, 3.63) is 97.2 Å². The number of carbonyl (C=O) groups is 2. The second-order valence-corrected chi connectivity index (χ2v) is 21.7. The largest absolute Gasteiger partial charge is 0.756 e. The molecule has 9 nitrogen and oxygen atoms in total. The van der Waals surface area contributed by atoms with E-state index in [-0.39, 0.29) is 26.1 Å². The molecule has 0 saturated heterocycles. The van der Waals surface area contributed by atoms with Gasteiger partial charge in [0.05, 0.1) is 27.7 Å². The third-order valence-corrected chi connectivity index (χ3v) is 13.1. The molecule has 414 valence electrons. The number of unbranched alkanes of at least 4 members (excludes halogenated alkanes) is 22. The molecule has 0 spiro atoms. The zero-order valence-corrected chi connectivity index (χ0v) is 47.7. The lowest BCUT2D eigenvalue weighted by molar-refractivity contribution is -0.870. The molecule has 0 N–H and O–H groups in total. The Balaban J connectivity index is 4.22. The van der Waals surface area contributed by atoms with Gasteiger partial charge in [0, 0.05) is 12.8 Å². The first-order chi connectivity index (χ1) is 35.0. The van der Waals surface area contributed by atoms with Crippen LogP contribution in [0.5, 0.6) is 0 Å². The van der Waals surface area contributed by atoms with E-state index in [1.165, 1.54) is 122 Å². The normalized spacial score (nSPS) is 14.0. The fourth-order valence-corrected chi connectivity index (χ4v) is 8.36. The van der Waals surface area contributed by atoms with Crippen LogP contribution in [0.15, 0.2) is 97.2 Å². The highest BCUT2D eigenvalue weighted by Gasteiger charge is 2.21. The number of rotatable bonds is 52. The summed E-state index contributed by atoms with van der Waals surface area (Å²) in [5.74, 6) is -0.886. The van der Waals surface area contributed by atoms with Gasteiger partial charge in [-0.3, -0.25) is 14.2 Å². The van der Waals surface area contributed by atoms with Crippen LogP contribution < -0.4 is 4.89 Å². The van der Waals surface area contributed by atoms with Gasteiger partial charge in [0.25, 0.3) is 7.82 Å². The van der Waals surface area contributed by atoms with Crippen molar-refractivity contribution in [2.75, 3.05) is 47.5 Å². The number of ether oxygens (including phenoxy) is 2. The molecule has 0 aromatic rings. The fourth-order valence-electron chi connectivity index (χ4n) is 7.63. The number of hydrogen-bond donors (Lipinski definition) is 0. The third-order valence-electron chi connectivity index (χ3n) is 12.1. The maximum Gasteiger partial charge on any atom is 0.306 e. The predicted octanol–water partition coefficient (Wildman–Crippen LogP) is 17.4. The lowest BCUT2D eigenvalue weighted by atomic mass is 10.0. The number of hydrogen-bond acceptors (Lipinski definition) is 8. The molecule has 0 aromatic carbocycles. The van der Waals surface area contributed by atoms with Gasteiger partial charge in [0.15, 0.2) is 6.10 Å². The van der Waals surface area contributed by atoms with Gasteiger partial charge in [-0.25, -0.2) is 0 Å². The van der Waals surface area contributed by atoms with Crippen molar-refractivity contribution in [2.24, 2.45) is 0 Å². The van der Waals surface area contributed by atoms with Gasteiger partial charge in [-0.1, -0.05) is 220 Å². The summed E-state index contributed by atoms with van der Waals surface area (Å²) in [6, 6.07) is 0. The van der Waals surface area contributed by atoms with E-state index in [2.05, 4.69) is 111 Å². The molecule has 0 heterocycles. The van der Waals surface area contributed by atoms with Crippen LogP contribution in [0.25, 0.3) is 0 Å². The molecule has 0 aromatic heterocycles. The quantitative estimate of drug-likeness (QED) is 0.0195. The summed E-state index contributed by atoms with van der Waals surface area (Å²) < 4.78 is 34.1. The topological polar surface area (TPSA) is 111 Å². The number of likely N-dealkylation sites (N-methyl/N-ethyl adjacent to an activating group) is 1. The van der Waals surface area contributed by atoms with E-state index >= 15 is 0 Å². The van der Waals surface area contributed by atoms with Gasteiger partial charge in [-0.05, 0) is 96.3 Å². The molecule has 0 amide bonds. The number of phosphoric acid groups is 1. The first kappa shape index (κ1) is 68.9. The van der Waals surface area contributed by atoms with Crippen molar-refractivity contribution in [3.63, 3.8) is 0 Å². The van der Waals surface area contributed by atoms with E-state index in [4.69, 9.17) is 18.5 Å². The standard InChI is InChI=1S/C62H108NO8P/c1-6-8-10-12-14-16-18-20-22-24-26-28-29-30-31-32-33-35-36-38-40-42-44-46-48-50-52-54-61(64)68-58-60(59-70-72(66,67)69-57-56-63(3,4)5)71-62(65)55-53-51-49-47-45-43-41-39-37-34-27-25-23-21-19-17-15-13-11-9-7-2/h9,11,15,17-18,20-21,23-24,26-27,34,39,41,45,47,60H,6-8,10,12-14,16,19,22,25,28-33,35-38,40,42-44,46,48-59H2,1-5H3/b11-9-,17-15-,20-18-,23-21-,26-24-,34-27-,41-39-,47-45-. The Labute approximate surface area is 443 Å². The minimum absolute atomic E-state index is 0.0439. The Bertz CT molecular complexity index is 1540. The minimum Gasteiger partial charge on any atom is -0.756 e. The molecule has 0 aliphatic heterocycles. The van der Waals surface area contributed by atoms with Gasteiger partial charge < -0.3 is 27.9 Å². The van der Waals surface area contributed by atoms with Gasteiger partial charge in [0.2, 0.25) is 0 Å². The van der Waals surface area contributed by atoms with Crippen LogP contribution in [0.1, 0.15) is 232 Å². The molecule has 0 radical (unpaired) electrons. The van der Waals surface area contributed by atoms with Crippen LogP contribution in [0.2, 0.25) is 0 Å². The van der Waals surface area contributed by atoms with Gasteiger partial charge in [-0.2, -0.15) is 0 Å². The summed E-state index contributed by atoms with van der Waals surface area (Å²) in [5, 5.41) is 0. The van der Waals surface area contributed by atoms with E-state index < -0.39 is 32.5 Å². The molecular formula is C62H108NO8P. The highest BCUT2D eigenvalue weighted by Crippen LogP contribution is 2.38. The summed E-state index contributed by atoms with van der Waals surface area (Å²) in [5.41, 5.74) is 0. The first-order valence-corrected chi connectivity index (χ1v) is 30.4. The summed E-state index contributed by atoms with van der Waals surface area (Å²) >= 11 is 0. The zero-order valence-electron chi connectivity index (χ0n) is 46.8. The summed E-state index contributed by atoms with van der Waals surface area (Å²) in [7, 11) is 1.13. The van der Waals surface area contributed by atoms with E-state index in [9.17, 15) is 19.0 Å². The maximum absolute atomic E-state index is 12.8. The molecule has 2 atom stereocenters. The van der Waals surface area contributed by atoms with Crippen LogP contribution in [-0.2, 0) is 32.7 Å². The van der Waals surface area contributed by atoms with Crippen LogP contribution in [0.4, 0.5) is 0 Å². The third kappa shape index (κ3) is 56.2. The van der Waals surface area contributed by atoms with Gasteiger partial charge >= 0.3 is 11.9 Å². The van der Waals surface area contributed by atoms with Crippen molar-refractivity contribution in [3.8, 4) is 0 Å². The van der Waals surface area contributed by atoms with Gasteiger partial charge in [0.1, 0.15) is 19.8 Å². The Morgan fingerprint density at radius 1 is 0.444 bits per heavy atom. The number of phosphoric ester groups is 1. The fraction of sp³-hybridized carbons (Fsp3) is 0.710. The molecule has 72 heavy (non-hydrogen) atoms. The average Bonchev–Trinajstić information content (AvgIpc) is 3.34. The minimum atomic E-state index is -4.65. The molecular weight excluding hydrogens is 918 g/mol. The first-order valence-electron chi connectivity index (χ1n) is 28.9. The zero-order chi connectivity index (χ0) is 52.7. The SMILES string of the molecule is CC/C=C\C/C=C\C/C=C\C/C=C\C/C=C\C/C=C\CCCCC(=O)OC(COC(=O)CCCCCCCCCCCCCCCCC/C=C\C/C=C\CCCCCCC)COP(=O)([O-])OCC[N+](C)(C)C. The highest BCUT2D eigenvalue weighted by molar-refractivity contribution is 7.45. The van der Waals surface area contributed by atoms with Crippen molar-refractivity contribution in [1.29, 1.82) is 0 Å². The van der Waals surface area contributed by atoms with E-state index in [0.29, 0.717) is 17.4 Å². The average molecular weight is 1030 g/mol. The number of carbonyl (C=O) groups excluding carboxylic acids is 2. The van der Waals surface area contributed by atoms with Crippen molar-refractivity contribution < 1.29 is 42.1 Å². The number of allylic oxidation sites excluding steroid dienone is 16. The Hall–Kier alpha value is -3.07. The lowest BCUT2D eigenvalue weighted by Gasteiger charge is -2.28. The highest BCUT2D eigenvalue weighted by atomic mass is 31.2. The maximum atomic E-state index is 12.8.